The van der Waals surface area contributed by atoms with Crippen LogP contribution in [0.15, 0.2) is 54.6 Å². The Balaban J connectivity index is 1.64. The van der Waals surface area contributed by atoms with E-state index in [1.165, 1.54) is 4.90 Å². The highest BCUT2D eigenvalue weighted by molar-refractivity contribution is 5.87. The molecule has 0 aromatic heterocycles. The van der Waals surface area contributed by atoms with Crippen LogP contribution in [-0.4, -0.2) is 52.3 Å². The van der Waals surface area contributed by atoms with Gasteiger partial charge in [0, 0.05) is 12.8 Å². The highest BCUT2D eigenvalue weighted by Gasteiger charge is 2.41. The maximum Gasteiger partial charge on any atom is 0.411 e. The van der Waals surface area contributed by atoms with Gasteiger partial charge in [0.25, 0.3) is 0 Å². The molecule has 7 heteroatoms. The Morgan fingerprint density at radius 3 is 2.38 bits per heavy atom. The number of rotatable bonds is 5. The Hall–Kier alpha value is -3.37. The van der Waals surface area contributed by atoms with E-state index in [2.05, 4.69) is 11.4 Å². The summed E-state index contributed by atoms with van der Waals surface area (Å²) in [5.41, 5.74) is 2.37. The molecule has 2 N–H and O–H groups in total. The van der Waals surface area contributed by atoms with Crippen LogP contribution in [0.1, 0.15) is 32.8 Å². The van der Waals surface area contributed by atoms with Crippen molar-refractivity contribution < 1.29 is 19.4 Å². The highest BCUT2D eigenvalue weighted by atomic mass is 16.6. The normalized spacial score (nSPS) is 19.2. The third-order valence-electron chi connectivity index (χ3n) is 5.18. The maximum absolute atomic E-state index is 12.8. The van der Waals surface area contributed by atoms with Crippen LogP contribution in [0.25, 0.3) is 11.1 Å². The van der Waals surface area contributed by atoms with Crippen molar-refractivity contribution in [3.8, 4) is 17.2 Å². The largest absolute Gasteiger partial charge is 0.444 e. The van der Waals surface area contributed by atoms with Gasteiger partial charge in [-0.25, -0.2) is 4.79 Å². The number of carbonyl (C=O) groups excluding carboxylic acids is 2. The van der Waals surface area contributed by atoms with Crippen LogP contribution in [0.5, 0.6) is 0 Å². The Morgan fingerprint density at radius 1 is 1.16 bits per heavy atom. The van der Waals surface area contributed by atoms with Crippen molar-refractivity contribution in [2.24, 2.45) is 0 Å². The maximum atomic E-state index is 12.8. The molecule has 1 aliphatic heterocycles. The van der Waals surface area contributed by atoms with E-state index in [0.29, 0.717) is 6.42 Å². The Labute approximate surface area is 188 Å². The van der Waals surface area contributed by atoms with Crippen LogP contribution in [0.4, 0.5) is 4.79 Å². The van der Waals surface area contributed by atoms with E-state index < -0.39 is 35.8 Å². The second-order valence-electron chi connectivity index (χ2n) is 9.00. The van der Waals surface area contributed by atoms with Crippen LogP contribution in [0.3, 0.4) is 0 Å². The van der Waals surface area contributed by atoms with Gasteiger partial charge in [0.1, 0.15) is 17.7 Å². The molecule has 3 atom stereocenters. The van der Waals surface area contributed by atoms with Gasteiger partial charge >= 0.3 is 6.09 Å². The first-order valence-electron chi connectivity index (χ1n) is 10.7. The van der Waals surface area contributed by atoms with Crippen LogP contribution < -0.4 is 5.32 Å². The number of likely N-dealkylation sites (tertiary alicyclic amines) is 1. The number of nitriles is 1. The lowest BCUT2D eigenvalue weighted by Crippen LogP contribution is -2.50. The standard InChI is InChI=1S/C25H29N3O4/c1-25(2,3)32-24(31)28-16-21(29)14-22(28)23(30)27-20(15-26)13-17-9-11-19(12-10-17)18-7-5-4-6-8-18/h4-12,20-22,29H,13-14,16H2,1-3H3,(H,27,30)/t20-,21+,22-/m0/s1. The van der Waals surface area contributed by atoms with E-state index >= 15 is 0 Å². The molecule has 3 rings (SSSR count). The second kappa shape index (κ2) is 9.84. The summed E-state index contributed by atoms with van der Waals surface area (Å²) in [5.74, 6) is -0.472. The number of aliphatic hydroxyl groups is 1. The summed E-state index contributed by atoms with van der Waals surface area (Å²) in [7, 11) is 0. The van der Waals surface area contributed by atoms with Gasteiger partial charge in [-0.3, -0.25) is 9.69 Å². The number of nitrogens with zero attached hydrogens (tertiary/aromatic N) is 2. The molecule has 1 saturated heterocycles. The number of nitrogens with one attached hydrogen (secondary N) is 1. The van der Waals surface area contributed by atoms with E-state index in [4.69, 9.17) is 4.74 Å². The van der Waals surface area contributed by atoms with Crippen molar-refractivity contribution in [2.75, 3.05) is 6.54 Å². The molecular formula is C25H29N3O4. The number of β-amino-alcohol motifs (C(OH)–C–C–N with tert-alkyl or cyclic N) is 1. The number of hydrogen-bond acceptors (Lipinski definition) is 5. The van der Waals surface area contributed by atoms with Gasteiger partial charge in [0.2, 0.25) is 5.91 Å². The third-order valence-corrected chi connectivity index (χ3v) is 5.18. The molecule has 2 aromatic carbocycles. The molecule has 2 aromatic rings. The summed E-state index contributed by atoms with van der Waals surface area (Å²) in [6.07, 6.45) is -1.03. The molecule has 0 saturated carbocycles. The molecule has 0 spiro atoms. The molecule has 168 valence electrons. The molecule has 0 aliphatic carbocycles. The van der Waals surface area contributed by atoms with Gasteiger partial charge < -0.3 is 15.2 Å². The van der Waals surface area contributed by atoms with Crippen LogP contribution in [-0.2, 0) is 16.0 Å². The summed E-state index contributed by atoms with van der Waals surface area (Å²) in [6, 6.07) is 18.3. The fourth-order valence-corrected chi connectivity index (χ4v) is 3.68. The second-order valence-corrected chi connectivity index (χ2v) is 9.00. The fourth-order valence-electron chi connectivity index (χ4n) is 3.68. The number of benzene rings is 2. The SMILES string of the molecule is CC(C)(C)OC(=O)N1C[C@H](O)C[C@H]1C(=O)N[C@H](C#N)Cc1ccc(-c2ccccc2)cc1. The van der Waals surface area contributed by atoms with Gasteiger partial charge in [0.05, 0.1) is 18.7 Å². The highest BCUT2D eigenvalue weighted by Crippen LogP contribution is 2.22. The molecule has 1 aliphatic rings. The number of carbonyl (C=O) groups is 2. The van der Waals surface area contributed by atoms with E-state index in [9.17, 15) is 20.0 Å². The number of ether oxygens (including phenoxy) is 1. The third kappa shape index (κ3) is 6.08. The van der Waals surface area contributed by atoms with Gasteiger partial charge in [-0.05, 0) is 37.5 Å². The van der Waals surface area contributed by atoms with Crippen molar-refractivity contribution in [3.63, 3.8) is 0 Å². The van der Waals surface area contributed by atoms with Crippen molar-refractivity contribution in [1.29, 1.82) is 5.26 Å². The monoisotopic (exact) mass is 435 g/mol. The van der Waals surface area contributed by atoms with E-state index in [0.717, 1.165) is 16.7 Å². The smallest absolute Gasteiger partial charge is 0.411 e. The average Bonchev–Trinajstić information content (AvgIpc) is 3.15. The Bertz CT molecular complexity index is 977. The van der Waals surface area contributed by atoms with Crippen LogP contribution >= 0.6 is 0 Å². The van der Waals surface area contributed by atoms with E-state index in [1.807, 2.05) is 54.6 Å². The van der Waals surface area contributed by atoms with Crippen molar-refractivity contribution in [1.82, 2.24) is 10.2 Å². The molecular weight excluding hydrogens is 406 g/mol. The molecule has 0 radical (unpaired) electrons. The molecule has 32 heavy (non-hydrogen) atoms. The number of hydrogen-bond donors (Lipinski definition) is 2. The van der Waals surface area contributed by atoms with Gasteiger partial charge in [-0.15, -0.1) is 0 Å². The van der Waals surface area contributed by atoms with E-state index in [-0.39, 0.29) is 13.0 Å². The molecule has 1 heterocycles. The molecule has 2 amide bonds. The predicted molar refractivity (Wildman–Crippen MR) is 120 cm³/mol. The average molecular weight is 436 g/mol. The van der Waals surface area contributed by atoms with Gasteiger partial charge in [-0.1, -0.05) is 54.6 Å². The molecule has 7 nitrogen and oxygen atoms in total. The van der Waals surface area contributed by atoms with Crippen molar-refractivity contribution in [2.45, 2.75) is 57.4 Å². The minimum atomic E-state index is -0.879. The minimum Gasteiger partial charge on any atom is -0.444 e. The lowest BCUT2D eigenvalue weighted by atomic mass is 10.0. The fraction of sp³-hybridized carbons (Fsp3) is 0.400. The molecule has 0 bridgehead atoms. The first kappa shape index (κ1) is 23.3. The molecule has 0 unspecified atom stereocenters. The first-order valence-corrected chi connectivity index (χ1v) is 10.7. The summed E-state index contributed by atoms with van der Waals surface area (Å²) in [6.45, 7) is 5.23. The zero-order chi connectivity index (χ0) is 23.3. The Morgan fingerprint density at radius 2 is 1.78 bits per heavy atom. The lowest BCUT2D eigenvalue weighted by Gasteiger charge is -2.28. The van der Waals surface area contributed by atoms with Gasteiger partial charge in [0.15, 0.2) is 0 Å². The summed E-state index contributed by atoms with van der Waals surface area (Å²) in [5, 5.41) is 22.3. The van der Waals surface area contributed by atoms with E-state index in [1.54, 1.807) is 20.8 Å². The first-order chi connectivity index (χ1) is 15.2. The number of aliphatic hydroxyl groups excluding tert-OH is 1. The van der Waals surface area contributed by atoms with Crippen molar-refractivity contribution >= 4 is 12.0 Å². The Kier molecular flexibility index (Phi) is 7.16. The lowest BCUT2D eigenvalue weighted by molar-refractivity contribution is -0.125. The van der Waals surface area contributed by atoms with Crippen LogP contribution in [0.2, 0.25) is 0 Å². The molecule has 1 fully saturated rings. The minimum absolute atomic E-state index is 0.0190. The quantitative estimate of drug-likeness (QED) is 0.750. The zero-order valence-electron chi connectivity index (χ0n) is 18.6. The summed E-state index contributed by atoms with van der Waals surface area (Å²) >= 11 is 0. The topological polar surface area (TPSA) is 103 Å². The number of amides is 2. The zero-order valence-corrected chi connectivity index (χ0v) is 18.6. The predicted octanol–water partition coefficient (Wildman–Crippen LogP) is 3.27. The summed E-state index contributed by atoms with van der Waals surface area (Å²) in [4.78, 5) is 26.5. The van der Waals surface area contributed by atoms with Gasteiger partial charge in [-0.2, -0.15) is 5.26 Å². The summed E-state index contributed by atoms with van der Waals surface area (Å²) < 4.78 is 5.36. The van der Waals surface area contributed by atoms with Crippen LogP contribution in [0, 0.1) is 11.3 Å². The van der Waals surface area contributed by atoms with Crippen molar-refractivity contribution in [3.05, 3.63) is 60.2 Å².